The van der Waals surface area contributed by atoms with Crippen LogP contribution in [0.4, 0.5) is 0 Å². The highest BCUT2D eigenvalue weighted by molar-refractivity contribution is 8.00. The summed E-state index contributed by atoms with van der Waals surface area (Å²) in [6.07, 6.45) is 4.43. The molecule has 0 aliphatic carbocycles. The van der Waals surface area contributed by atoms with Crippen molar-refractivity contribution in [3.05, 3.63) is 11.9 Å². The van der Waals surface area contributed by atoms with Crippen molar-refractivity contribution in [3.63, 3.8) is 0 Å². The molecular formula is C10H18N4S. The first-order valence-electron chi connectivity index (χ1n) is 5.33. The van der Waals surface area contributed by atoms with Crippen molar-refractivity contribution in [2.45, 2.75) is 30.6 Å². The van der Waals surface area contributed by atoms with Gasteiger partial charge in [0.05, 0.1) is 17.9 Å². The maximum Gasteiger partial charge on any atom is 0.0767 e. The summed E-state index contributed by atoms with van der Waals surface area (Å²) in [6.45, 7) is 2.33. The van der Waals surface area contributed by atoms with Gasteiger partial charge in [-0.3, -0.25) is 4.68 Å². The number of nitrogens with zero attached hydrogens (tertiary/aromatic N) is 3. The number of aryl methyl sites for hydroxylation is 1. The van der Waals surface area contributed by atoms with Crippen LogP contribution >= 0.6 is 11.8 Å². The zero-order valence-electron chi connectivity index (χ0n) is 9.53. The van der Waals surface area contributed by atoms with E-state index in [0.717, 1.165) is 0 Å². The molecule has 0 bridgehead atoms. The lowest BCUT2D eigenvalue weighted by Crippen LogP contribution is -2.36. The molecule has 0 aromatic carbocycles. The molecule has 1 fully saturated rings. The number of hydrogen-bond acceptors (Lipinski definition) is 4. The summed E-state index contributed by atoms with van der Waals surface area (Å²) < 4.78 is 2.15. The first kappa shape index (κ1) is 11.0. The lowest BCUT2D eigenvalue weighted by atomic mass is 9.94. The first-order valence-corrected chi connectivity index (χ1v) is 6.32. The van der Waals surface area contributed by atoms with Crippen molar-refractivity contribution < 1.29 is 0 Å². The van der Waals surface area contributed by atoms with Crippen molar-refractivity contribution in [1.82, 2.24) is 20.3 Å². The first-order chi connectivity index (χ1) is 7.17. The fourth-order valence-corrected chi connectivity index (χ4v) is 3.80. The zero-order valence-corrected chi connectivity index (χ0v) is 10.3. The van der Waals surface area contributed by atoms with E-state index in [4.69, 9.17) is 0 Å². The van der Waals surface area contributed by atoms with E-state index in [1.807, 2.05) is 25.0 Å². The molecule has 2 unspecified atom stereocenters. The van der Waals surface area contributed by atoms with Crippen molar-refractivity contribution in [2.75, 3.05) is 12.8 Å². The minimum atomic E-state index is 0.282. The van der Waals surface area contributed by atoms with Crippen LogP contribution in [0.3, 0.4) is 0 Å². The van der Waals surface area contributed by atoms with Gasteiger partial charge in [0.1, 0.15) is 0 Å². The van der Waals surface area contributed by atoms with Gasteiger partial charge in [0, 0.05) is 11.8 Å². The standard InChI is InChI=1S/C10H18N4S/c1-10(5-4-6-15-10)9(11-2)8-7-12-13-14(8)3/h7,9,11H,4-6H2,1-3H3. The normalized spacial score (nSPS) is 28.2. The van der Waals surface area contributed by atoms with Crippen molar-refractivity contribution in [2.24, 2.45) is 7.05 Å². The summed E-state index contributed by atoms with van der Waals surface area (Å²) in [4.78, 5) is 0. The van der Waals surface area contributed by atoms with E-state index in [1.54, 1.807) is 0 Å². The highest BCUT2D eigenvalue weighted by Crippen LogP contribution is 2.46. The second kappa shape index (κ2) is 4.14. The molecule has 1 aromatic rings. The molecule has 0 radical (unpaired) electrons. The van der Waals surface area contributed by atoms with Crippen LogP contribution in [-0.4, -0.2) is 32.5 Å². The van der Waals surface area contributed by atoms with Gasteiger partial charge in [0.2, 0.25) is 0 Å². The Morgan fingerprint density at radius 2 is 2.47 bits per heavy atom. The predicted octanol–water partition coefficient (Wildman–Crippen LogP) is 1.36. The molecule has 1 aliphatic rings. The highest BCUT2D eigenvalue weighted by Gasteiger charge is 2.39. The third-order valence-corrected chi connectivity index (χ3v) is 4.79. The fraction of sp³-hybridized carbons (Fsp3) is 0.800. The molecule has 2 heterocycles. The van der Waals surface area contributed by atoms with Crippen LogP contribution in [-0.2, 0) is 7.05 Å². The Morgan fingerprint density at radius 3 is 2.93 bits per heavy atom. The molecule has 1 aliphatic heterocycles. The molecule has 0 saturated carbocycles. The Hall–Kier alpha value is -0.550. The quantitative estimate of drug-likeness (QED) is 0.845. The lowest BCUT2D eigenvalue weighted by Gasteiger charge is -2.32. The Balaban J connectivity index is 2.27. The van der Waals surface area contributed by atoms with Gasteiger partial charge in [-0.15, -0.1) is 5.10 Å². The highest BCUT2D eigenvalue weighted by atomic mass is 32.2. The monoisotopic (exact) mass is 226 g/mol. The van der Waals surface area contributed by atoms with E-state index in [-0.39, 0.29) is 4.75 Å². The summed E-state index contributed by atoms with van der Waals surface area (Å²) >= 11 is 2.05. The van der Waals surface area contributed by atoms with Crippen LogP contribution in [0.1, 0.15) is 31.5 Å². The number of rotatable bonds is 3. The topological polar surface area (TPSA) is 42.7 Å². The average Bonchev–Trinajstić information content (AvgIpc) is 2.79. The van der Waals surface area contributed by atoms with E-state index in [0.29, 0.717) is 6.04 Å². The van der Waals surface area contributed by atoms with E-state index in [1.165, 1.54) is 24.3 Å². The van der Waals surface area contributed by atoms with Crippen LogP contribution in [0.5, 0.6) is 0 Å². The Bertz CT molecular complexity index is 330. The smallest absolute Gasteiger partial charge is 0.0767 e. The van der Waals surface area contributed by atoms with Gasteiger partial charge >= 0.3 is 0 Å². The second-order valence-corrected chi connectivity index (χ2v) is 5.90. The molecular weight excluding hydrogens is 208 g/mol. The Labute approximate surface area is 94.8 Å². The SMILES string of the molecule is CNC(c1cnnn1C)C1(C)CCCS1. The molecule has 4 nitrogen and oxygen atoms in total. The van der Waals surface area contributed by atoms with Gasteiger partial charge in [0.15, 0.2) is 0 Å². The molecule has 1 aromatic heterocycles. The van der Waals surface area contributed by atoms with Crippen molar-refractivity contribution >= 4 is 11.8 Å². The van der Waals surface area contributed by atoms with Crippen LogP contribution in [0, 0.1) is 0 Å². The summed E-state index contributed by atoms with van der Waals surface area (Å²) in [5.74, 6) is 1.26. The van der Waals surface area contributed by atoms with E-state index in [2.05, 4.69) is 34.3 Å². The number of thioether (sulfide) groups is 1. The number of hydrogen-bond donors (Lipinski definition) is 1. The molecule has 1 N–H and O–H groups in total. The fourth-order valence-electron chi connectivity index (χ4n) is 2.35. The Kier molecular flexibility index (Phi) is 3.02. The molecule has 84 valence electrons. The number of nitrogens with one attached hydrogen (secondary N) is 1. The predicted molar refractivity (Wildman–Crippen MR) is 62.9 cm³/mol. The van der Waals surface area contributed by atoms with Gasteiger partial charge < -0.3 is 5.32 Å². The maximum atomic E-state index is 4.01. The zero-order chi connectivity index (χ0) is 10.9. The molecule has 0 spiro atoms. The van der Waals surface area contributed by atoms with Gasteiger partial charge in [-0.25, -0.2) is 0 Å². The van der Waals surface area contributed by atoms with Gasteiger partial charge in [-0.05, 0) is 32.6 Å². The summed E-state index contributed by atoms with van der Waals surface area (Å²) in [6, 6.07) is 0.338. The maximum absolute atomic E-state index is 4.01. The van der Waals surface area contributed by atoms with Gasteiger partial charge in [-0.2, -0.15) is 11.8 Å². The second-order valence-electron chi connectivity index (χ2n) is 4.27. The largest absolute Gasteiger partial charge is 0.311 e. The average molecular weight is 226 g/mol. The molecule has 2 atom stereocenters. The molecule has 1 saturated heterocycles. The minimum absolute atomic E-state index is 0.282. The molecule has 5 heteroatoms. The van der Waals surface area contributed by atoms with E-state index < -0.39 is 0 Å². The van der Waals surface area contributed by atoms with Gasteiger partial charge in [0.25, 0.3) is 0 Å². The Morgan fingerprint density at radius 1 is 1.67 bits per heavy atom. The van der Waals surface area contributed by atoms with Gasteiger partial charge in [-0.1, -0.05) is 5.21 Å². The third-order valence-electron chi connectivity index (χ3n) is 3.19. The molecule has 0 amide bonds. The summed E-state index contributed by atoms with van der Waals surface area (Å²) in [5, 5.41) is 11.4. The summed E-state index contributed by atoms with van der Waals surface area (Å²) in [7, 11) is 3.97. The van der Waals surface area contributed by atoms with Crippen molar-refractivity contribution in [1.29, 1.82) is 0 Å². The van der Waals surface area contributed by atoms with Crippen molar-refractivity contribution in [3.8, 4) is 0 Å². The lowest BCUT2D eigenvalue weighted by molar-refractivity contribution is 0.417. The summed E-state index contributed by atoms with van der Waals surface area (Å²) in [5.41, 5.74) is 1.18. The van der Waals surface area contributed by atoms with Crippen LogP contribution < -0.4 is 5.32 Å². The van der Waals surface area contributed by atoms with E-state index >= 15 is 0 Å². The van der Waals surface area contributed by atoms with Crippen LogP contribution in [0.2, 0.25) is 0 Å². The molecule has 2 rings (SSSR count). The van der Waals surface area contributed by atoms with Crippen LogP contribution in [0.25, 0.3) is 0 Å². The van der Waals surface area contributed by atoms with Crippen LogP contribution in [0.15, 0.2) is 6.20 Å². The number of aromatic nitrogens is 3. The minimum Gasteiger partial charge on any atom is -0.311 e. The van der Waals surface area contributed by atoms with E-state index in [9.17, 15) is 0 Å². The third kappa shape index (κ3) is 1.90. The molecule has 15 heavy (non-hydrogen) atoms.